The second kappa shape index (κ2) is 38.8. The van der Waals surface area contributed by atoms with Crippen molar-refractivity contribution in [3.8, 4) is 0 Å². The van der Waals surface area contributed by atoms with Gasteiger partial charge in [0.2, 0.25) is 0 Å². The van der Waals surface area contributed by atoms with Crippen molar-refractivity contribution in [3.05, 3.63) is 0 Å². The summed E-state index contributed by atoms with van der Waals surface area (Å²) in [5.74, 6) is 0. The van der Waals surface area contributed by atoms with E-state index in [4.69, 9.17) is 0 Å². The smallest absolute Gasteiger partial charge is 1.00 e. The van der Waals surface area contributed by atoms with E-state index in [-0.39, 0.29) is 75.6 Å². The average Bonchev–Trinajstić information content (AvgIpc) is 0. The largest absolute Gasteiger partial charge is 2.00 e. The number of rotatable bonds is 0. The van der Waals surface area contributed by atoms with Crippen molar-refractivity contribution in [3.63, 3.8) is 0 Å². The summed E-state index contributed by atoms with van der Waals surface area (Å²) in [4.78, 5) is 0. The first kappa shape index (κ1) is 65.6. The van der Waals surface area contributed by atoms with Gasteiger partial charge in [0, 0.05) is 0 Å². The summed E-state index contributed by atoms with van der Waals surface area (Å²) < 4.78 is 0. The number of hydrogen-bond donors (Lipinski definition) is 0. The fourth-order valence-corrected chi connectivity index (χ4v) is 0. The monoisotopic (exact) mass is 147 g/mol. The van der Waals surface area contributed by atoms with Gasteiger partial charge in [-0.25, -0.2) is 0 Å². The van der Waals surface area contributed by atoms with Crippen LogP contribution < -0.4 is 42.0 Å². The summed E-state index contributed by atoms with van der Waals surface area (Å²) in [5, 5.41) is 0. The Kier molecular flexibility index (Phi) is 508. The zero-order chi connectivity index (χ0) is 0. The predicted octanol–water partition coefficient (Wildman–Crippen LogP) is -8.90. The van der Waals surface area contributed by atoms with Crippen LogP contribution >= 0.6 is 0 Å². The summed E-state index contributed by atoms with van der Waals surface area (Å²) in [5.41, 5.74) is 0. The van der Waals surface area contributed by atoms with Gasteiger partial charge in [0.1, 0.15) is 0 Å². The fraction of sp³-hybridized carbons (Fsp3) is 0. The zero-order valence-electron chi connectivity index (χ0n) is 1.71. The van der Waals surface area contributed by atoms with Crippen LogP contribution in [0.2, 0.25) is 0 Å². The van der Waals surface area contributed by atoms with Crippen molar-refractivity contribution in [1.82, 2.24) is 0 Å². The Balaban J connectivity index is 0. The normalized spacial score (nSPS) is 0. The molecule has 0 unspecified atom stereocenters. The second-order valence-corrected chi connectivity index (χ2v) is 0. The predicted molar refractivity (Wildman–Crippen MR) is 22.7 cm³/mol. The summed E-state index contributed by atoms with van der Waals surface area (Å²) in [7, 11) is 0. The van der Waals surface area contributed by atoms with Crippen molar-refractivity contribution in [2.45, 2.75) is 0 Å². The minimum atomic E-state index is 0. The maximum absolute atomic E-state index is 0. The Bertz CT molecular complexity index is 9.61. The minimum absolute atomic E-state index is 0. The first-order valence-corrected chi connectivity index (χ1v) is 0. The van der Waals surface area contributed by atoms with Crippen molar-refractivity contribution >= 4 is 16.8 Å². The Morgan fingerprint density at radius 2 is 0.800 bits per heavy atom. The summed E-state index contributed by atoms with van der Waals surface area (Å²) in [6, 6.07) is 0. The molecule has 0 N–H and O–H groups in total. The van der Waals surface area contributed by atoms with Crippen LogP contribution in [0.4, 0.5) is 0 Å². The van der Waals surface area contributed by atoms with Gasteiger partial charge in [0.05, 0.1) is 0 Å². The summed E-state index contributed by atoms with van der Waals surface area (Å²) >= 11 is 0. The third-order valence-corrected chi connectivity index (χ3v) is 0. The van der Waals surface area contributed by atoms with E-state index in [1.165, 1.54) is 0 Å². The Hall–Kier alpha value is 1.93. The third kappa shape index (κ3) is 24.6. The van der Waals surface area contributed by atoms with E-state index < -0.39 is 0 Å². The van der Waals surface area contributed by atoms with Crippen LogP contribution in [-0.2, 0) is 16.8 Å². The molecule has 0 aromatic rings. The minimum Gasteiger partial charge on any atom is -1.00 e. The second-order valence-electron chi connectivity index (χ2n) is 0. The molecule has 0 amide bonds. The molecule has 0 bridgehead atoms. The maximum Gasteiger partial charge on any atom is 2.00 e. The molecule has 0 aliphatic heterocycles. The fourth-order valence-electron chi connectivity index (χ4n) is 0. The molecule has 0 aromatic carbocycles. The van der Waals surface area contributed by atoms with Gasteiger partial charge in [-0.3, -0.25) is 0 Å². The topological polar surface area (TPSA) is 0 Å². The first-order valence-electron chi connectivity index (χ1n) is 0. The van der Waals surface area contributed by atoms with Gasteiger partial charge in [-0.2, -0.15) is 0 Å². The van der Waals surface area contributed by atoms with E-state index in [1.54, 1.807) is 0 Å². The summed E-state index contributed by atoms with van der Waals surface area (Å²) in [6.45, 7) is 0. The van der Waals surface area contributed by atoms with Gasteiger partial charge in [-0.15, -0.1) is 0 Å². The molecule has 0 aromatic heterocycles. The Labute approximate surface area is 74.9 Å². The van der Waals surface area contributed by atoms with Gasteiger partial charge in [-0.1, -0.05) is 16.8 Å². The van der Waals surface area contributed by atoms with Gasteiger partial charge >= 0.3 is 46.3 Å². The molecule has 5 heavy (non-hydrogen) atoms. The van der Waals surface area contributed by atoms with E-state index >= 15 is 0 Å². The Morgan fingerprint density at radius 3 is 0.800 bits per heavy atom. The molecule has 0 aliphatic rings. The van der Waals surface area contributed by atoms with Crippen LogP contribution in [0.5, 0.6) is 0 Å². The van der Waals surface area contributed by atoms with Gasteiger partial charge in [0.15, 0.2) is 0 Å². The van der Waals surface area contributed by atoms with Gasteiger partial charge in [-0.05, 0) is 0 Å². The molecule has 0 atom stereocenters. The number of halogens is 1. The molecule has 31 valence electrons. The molecule has 0 saturated heterocycles. The van der Waals surface area contributed by atoms with Gasteiger partial charge in [0.25, 0.3) is 0 Å². The van der Waals surface area contributed by atoms with Crippen molar-refractivity contribution < 1.29 is 58.7 Å². The molecule has 5 heteroatoms. The quantitative estimate of drug-likeness (QED) is 0.298. The van der Waals surface area contributed by atoms with E-state index in [1.807, 2.05) is 0 Å². The standard InChI is InChI=1S/2BH4.ClH.Co.Na/h2*1H4;1H;;/q2*-1;;+2;+1/p-1. The molecule has 0 nitrogen and oxygen atoms in total. The van der Waals surface area contributed by atoms with Crippen LogP contribution in [0.15, 0.2) is 0 Å². The molecule has 1 radical (unpaired) electrons. The molecule has 0 rings (SSSR count). The molecule has 0 spiro atoms. The van der Waals surface area contributed by atoms with Crippen molar-refractivity contribution in [2.75, 3.05) is 0 Å². The molecule has 0 heterocycles. The number of hydrogen-bond acceptors (Lipinski definition) is 0. The van der Waals surface area contributed by atoms with Gasteiger partial charge < -0.3 is 12.4 Å². The SMILES string of the molecule is [BH4-].[BH4-].[Cl-].[Co+2].[Na+]. The average molecular weight is 147 g/mol. The van der Waals surface area contributed by atoms with Crippen LogP contribution in [-0.4, -0.2) is 16.8 Å². The molecular formula is H8B2ClCoNa. The third-order valence-electron chi connectivity index (χ3n) is 0. The van der Waals surface area contributed by atoms with Crippen LogP contribution in [0.25, 0.3) is 0 Å². The maximum atomic E-state index is 0. The van der Waals surface area contributed by atoms with Crippen molar-refractivity contribution in [2.24, 2.45) is 0 Å². The molecule has 0 saturated carbocycles. The van der Waals surface area contributed by atoms with E-state index in [9.17, 15) is 0 Å². The van der Waals surface area contributed by atoms with E-state index in [2.05, 4.69) is 0 Å². The van der Waals surface area contributed by atoms with Crippen molar-refractivity contribution in [1.29, 1.82) is 0 Å². The van der Waals surface area contributed by atoms with E-state index in [0.717, 1.165) is 0 Å². The molecular weight excluding hydrogens is 139 g/mol. The molecule has 0 fully saturated rings. The zero-order valence-corrected chi connectivity index (χ0v) is 5.51. The first-order chi connectivity index (χ1) is 0. The van der Waals surface area contributed by atoms with Crippen LogP contribution in [0.1, 0.15) is 0 Å². The summed E-state index contributed by atoms with van der Waals surface area (Å²) in [6.07, 6.45) is 0. The Morgan fingerprint density at radius 1 is 0.800 bits per heavy atom. The van der Waals surface area contributed by atoms with E-state index in [0.29, 0.717) is 0 Å². The van der Waals surface area contributed by atoms with Crippen LogP contribution in [0, 0.1) is 0 Å². The van der Waals surface area contributed by atoms with Crippen LogP contribution in [0.3, 0.4) is 0 Å². The molecule has 0 aliphatic carbocycles.